The predicted molar refractivity (Wildman–Crippen MR) is 62.7 cm³/mol. The zero-order chi connectivity index (χ0) is 10.4. The van der Waals surface area contributed by atoms with Gasteiger partial charge in [-0.05, 0) is 30.2 Å². The molecule has 0 aliphatic heterocycles. The summed E-state index contributed by atoms with van der Waals surface area (Å²) in [4.78, 5) is 1.23. The summed E-state index contributed by atoms with van der Waals surface area (Å²) in [6.45, 7) is 4.18. The first kappa shape index (κ1) is 11.6. The number of aliphatic hydroxyl groups excluding tert-OH is 1. The third-order valence-electron chi connectivity index (χ3n) is 2.13. The van der Waals surface area contributed by atoms with Gasteiger partial charge >= 0.3 is 0 Å². The third-order valence-corrected chi connectivity index (χ3v) is 3.42. The van der Waals surface area contributed by atoms with Gasteiger partial charge < -0.3 is 5.11 Å². The standard InChI is InChI=1S/C12H18OS/c1-3-9-14-12-8-6-5-7-10(12)11(13)4-2/h5-8,11,13H,3-4,9H2,1-2H3. The molecule has 1 nitrogen and oxygen atoms in total. The van der Waals surface area contributed by atoms with Crippen LogP contribution in [0.2, 0.25) is 0 Å². The zero-order valence-corrected chi connectivity index (χ0v) is 9.68. The van der Waals surface area contributed by atoms with Gasteiger partial charge in [-0.15, -0.1) is 11.8 Å². The van der Waals surface area contributed by atoms with Gasteiger partial charge in [0, 0.05) is 4.90 Å². The van der Waals surface area contributed by atoms with E-state index in [0.717, 1.165) is 17.7 Å². The van der Waals surface area contributed by atoms with Crippen molar-refractivity contribution in [2.24, 2.45) is 0 Å². The zero-order valence-electron chi connectivity index (χ0n) is 8.86. The molecule has 0 fully saturated rings. The van der Waals surface area contributed by atoms with Crippen LogP contribution in [0.4, 0.5) is 0 Å². The Labute approximate surface area is 90.5 Å². The van der Waals surface area contributed by atoms with E-state index in [2.05, 4.69) is 13.0 Å². The molecule has 0 saturated carbocycles. The van der Waals surface area contributed by atoms with Gasteiger partial charge in [0.05, 0.1) is 6.10 Å². The lowest BCUT2D eigenvalue weighted by Crippen LogP contribution is -1.97. The number of benzene rings is 1. The number of hydrogen-bond acceptors (Lipinski definition) is 2. The lowest BCUT2D eigenvalue weighted by Gasteiger charge is -2.12. The Morgan fingerprint density at radius 2 is 2.00 bits per heavy atom. The lowest BCUT2D eigenvalue weighted by molar-refractivity contribution is 0.171. The first-order chi connectivity index (χ1) is 6.79. The second-order valence-corrected chi connectivity index (χ2v) is 4.45. The first-order valence-electron chi connectivity index (χ1n) is 5.19. The number of rotatable bonds is 5. The van der Waals surface area contributed by atoms with Crippen molar-refractivity contribution in [3.05, 3.63) is 29.8 Å². The quantitative estimate of drug-likeness (QED) is 0.749. The van der Waals surface area contributed by atoms with E-state index in [0.29, 0.717) is 0 Å². The highest BCUT2D eigenvalue weighted by Gasteiger charge is 2.09. The second kappa shape index (κ2) is 6.10. The molecular formula is C12H18OS. The fraction of sp³-hybridized carbons (Fsp3) is 0.500. The SMILES string of the molecule is CCCSc1ccccc1C(O)CC. The van der Waals surface area contributed by atoms with Crippen molar-refractivity contribution in [2.45, 2.75) is 37.7 Å². The van der Waals surface area contributed by atoms with Gasteiger partial charge in [-0.2, -0.15) is 0 Å². The van der Waals surface area contributed by atoms with Crippen molar-refractivity contribution in [2.75, 3.05) is 5.75 Å². The number of hydrogen-bond donors (Lipinski definition) is 1. The van der Waals surface area contributed by atoms with Gasteiger partial charge in [0.15, 0.2) is 0 Å². The summed E-state index contributed by atoms with van der Waals surface area (Å²) in [7, 11) is 0. The molecule has 14 heavy (non-hydrogen) atoms. The van der Waals surface area contributed by atoms with Crippen LogP contribution in [0, 0.1) is 0 Å². The van der Waals surface area contributed by atoms with Crippen molar-refractivity contribution >= 4 is 11.8 Å². The molecular weight excluding hydrogens is 192 g/mol. The van der Waals surface area contributed by atoms with E-state index in [1.165, 1.54) is 11.3 Å². The highest BCUT2D eigenvalue weighted by molar-refractivity contribution is 7.99. The molecule has 1 aromatic rings. The number of aliphatic hydroxyl groups is 1. The largest absolute Gasteiger partial charge is 0.388 e. The van der Waals surface area contributed by atoms with Gasteiger partial charge in [0.1, 0.15) is 0 Å². The Morgan fingerprint density at radius 3 is 2.64 bits per heavy atom. The third kappa shape index (κ3) is 3.03. The van der Waals surface area contributed by atoms with Crippen LogP contribution in [0.25, 0.3) is 0 Å². The summed E-state index contributed by atoms with van der Waals surface area (Å²) in [5.74, 6) is 1.12. The Hall–Kier alpha value is -0.470. The molecule has 0 aliphatic rings. The summed E-state index contributed by atoms with van der Waals surface area (Å²) in [6.07, 6.45) is 1.64. The van der Waals surface area contributed by atoms with Crippen LogP contribution in [0.15, 0.2) is 29.2 Å². The van der Waals surface area contributed by atoms with E-state index in [1.807, 2.05) is 36.9 Å². The van der Waals surface area contributed by atoms with Crippen LogP contribution in [0.3, 0.4) is 0 Å². The van der Waals surface area contributed by atoms with E-state index in [4.69, 9.17) is 0 Å². The molecule has 0 saturated heterocycles. The monoisotopic (exact) mass is 210 g/mol. The Balaban J connectivity index is 2.79. The van der Waals surface area contributed by atoms with Gasteiger partial charge in [0.2, 0.25) is 0 Å². The highest BCUT2D eigenvalue weighted by atomic mass is 32.2. The average Bonchev–Trinajstić information content (AvgIpc) is 2.25. The molecule has 1 atom stereocenters. The van der Waals surface area contributed by atoms with Crippen LogP contribution in [0.1, 0.15) is 38.4 Å². The van der Waals surface area contributed by atoms with E-state index in [-0.39, 0.29) is 6.10 Å². The minimum absolute atomic E-state index is 0.310. The Morgan fingerprint density at radius 1 is 1.29 bits per heavy atom. The maximum Gasteiger partial charge on any atom is 0.0798 e. The molecule has 78 valence electrons. The van der Waals surface area contributed by atoms with Crippen LogP contribution < -0.4 is 0 Å². The van der Waals surface area contributed by atoms with Gasteiger partial charge in [0.25, 0.3) is 0 Å². The fourth-order valence-electron chi connectivity index (χ4n) is 1.32. The minimum atomic E-state index is -0.310. The molecule has 0 heterocycles. The summed E-state index contributed by atoms with van der Waals surface area (Å²) in [5.41, 5.74) is 1.08. The number of thioether (sulfide) groups is 1. The van der Waals surface area contributed by atoms with Crippen LogP contribution in [-0.2, 0) is 0 Å². The van der Waals surface area contributed by atoms with Crippen molar-refractivity contribution in [1.82, 2.24) is 0 Å². The minimum Gasteiger partial charge on any atom is -0.388 e. The first-order valence-corrected chi connectivity index (χ1v) is 6.18. The lowest BCUT2D eigenvalue weighted by atomic mass is 10.1. The van der Waals surface area contributed by atoms with E-state index < -0.39 is 0 Å². The van der Waals surface area contributed by atoms with E-state index in [9.17, 15) is 5.11 Å². The molecule has 1 unspecified atom stereocenters. The molecule has 0 aliphatic carbocycles. The molecule has 0 bridgehead atoms. The normalized spacial score (nSPS) is 12.8. The summed E-state index contributed by atoms with van der Waals surface area (Å²) < 4.78 is 0. The maximum absolute atomic E-state index is 9.80. The molecule has 0 radical (unpaired) electrons. The van der Waals surface area contributed by atoms with Gasteiger partial charge in [-0.3, -0.25) is 0 Å². The fourth-order valence-corrected chi connectivity index (χ4v) is 2.29. The van der Waals surface area contributed by atoms with Crippen LogP contribution in [0.5, 0.6) is 0 Å². The van der Waals surface area contributed by atoms with E-state index in [1.54, 1.807) is 0 Å². The summed E-state index contributed by atoms with van der Waals surface area (Å²) in [5, 5.41) is 9.80. The molecule has 1 rings (SSSR count). The van der Waals surface area contributed by atoms with Crippen LogP contribution >= 0.6 is 11.8 Å². The predicted octanol–water partition coefficient (Wildman–Crippen LogP) is 3.63. The molecule has 0 spiro atoms. The average molecular weight is 210 g/mol. The Kier molecular flexibility index (Phi) is 5.05. The van der Waals surface area contributed by atoms with E-state index >= 15 is 0 Å². The van der Waals surface area contributed by atoms with Crippen molar-refractivity contribution in [1.29, 1.82) is 0 Å². The van der Waals surface area contributed by atoms with Crippen molar-refractivity contribution < 1.29 is 5.11 Å². The maximum atomic E-state index is 9.80. The topological polar surface area (TPSA) is 20.2 Å². The summed E-state index contributed by atoms with van der Waals surface area (Å²) >= 11 is 1.83. The molecule has 1 aromatic carbocycles. The van der Waals surface area contributed by atoms with Crippen LogP contribution in [-0.4, -0.2) is 10.9 Å². The molecule has 0 amide bonds. The molecule has 1 N–H and O–H groups in total. The summed E-state index contributed by atoms with van der Waals surface area (Å²) in [6, 6.07) is 8.13. The molecule has 0 aromatic heterocycles. The molecule has 2 heteroatoms. The van der Waals surface area contributed by atoms with Crippen molar-refractivity contribution in [3.63, 3.8) is 0 Å². The second-order valence-electron chi connectivity index (χ2n) is 3.31. The smallest absolute Gasteiger partial charge is 0.0798 e. The van der Waals surface area contributed by atoms with Gasteiger partial charge in [-0.1, -0.05) is 32.0 Å². The highest BCUT2D eigenvalue weighted by Crippen LogP contribution is 2.29. The van der Waals surface area contributed by atoms with Gasteiger partial charge in [-0.25, -0.2) is 0 Å². The van der Waals surface area contributed by atoms with Crippen molar-refractivity contribution in [3.8, 4) is 0 Å². The Bertz CT molecular complexity index is 273.